The van der Waals surface area contributed by atoms with E-state index in [4.69, 9.17) is 16.2 Å². The molecule has 6 heteroatoms. The van der Waals surface area contributed by atoms with E-state index in [9.17, 15) is 9.59 Å². The first-order chi connectivity index (χ1) is 6.02. The summed E-state index contributed by atoms with van der Waals surface area (Å²) in [5.74, 6) is -1.03. The van der Waals surface area contributed by atoms with Crippen molar-refractivity contribution in [2.45, 2.75) is 19.1 Å². The molecule has 0 aliphatic rings. The predicted octanol–water partition coefficient (Wildman–Crippen LogP) is -2.05. The fourth-order valence-corrected chi connectivity index (χ4v) is 0.688. The van der Waals surface area contributed by atoms with Gasteiger partial charge in [-0.2, -0.15) is 0 Å². The molecule has 76 valence electrons. The minimum atomic E-state index is -0.734. The Morgan fingerprint density at radius 2 is 2.08 bits per heavy atom. The molecule has 0 aliphatic heterocycles. The monoisotopic (exact) mass is 189 g/mol. The van der Waals surface area contributed by atoms with Crippen LogP contribution >= 0.6 is 0 Å². The third-order valence-electron chi connectivity index (χ3n) is 1.58. The van der Waals surface area contributed by atoms with Gasteiger partial charge in [-0.15, -0.1) is 0 Å². The number of methoxy groups -OCH3 is 1. The molecule has 0 saturated carbocycles. The van der Waals surface area contributed by atoms with Crippen LogP contribution in [0.2, 0.25) is 0 Å². The number of rotatable bonds is 5. The van der Waals surface area contributed by atoms with Crippen LogP contribution in [0.15, 0.2) is 0 Å². The van der Waals surface area contributed by atoms with Gasteiger partial charge in [0.15, 0.2) is 0 Å². The van der Waals surface area contributed by atoms with E-state index in [1.54, 1.807) is 0 Å². The Bertz CT molecular complexity index is 191. The van der Waals surface area contributed by atoms with Crippen LogP contribution in [0.1, 0.15) is 6.92 Å². The molecule has 0 spiro atoms. The highest BCUT2D eigenvalue weighted by Gasteiger charge is 2.19. The summed E-state index contributed by atoms with van der Waals surface area (Å²) in [6.45, 7) is 1.55. The standard InChI is InChI=1S/C7H15N3O3/c1-4(6(9)11)10-7(12)5(3-8)13-2/h4-5H,3,8H2,1-2H3,(H2,9,11)(H,10,12). The smallest absolute Gasteiger partial charge is 0.251 e. The van der Waals surface area contributed by atoms with E-state index in [1.807, 2.05) is 0 Å². The fourth-order valence-electron chi connectivity index (χ4n) is 0.688. The van der Waals surface area contributed by atoms with E-state index in [-0.39, 0.29) is 6.54 Å². The zero-order valence-electron chi connectivity index (χ0n) is 7.74. The molecule has 13 heavy (non-hydrogen) atoms. The predicted molar refractivity (Wildman–Crippen MR) is 46.7 cm³/mol. The molecule has 0 radical (unpaired) electrons. The number of primary amides is 1. The number of hydrogen-bond acceptors (Lipinski definition) is 4. The summed E-state index contributed by atoms with van der Waals surface area (Å²) in [6.07, 6.45) is -0.734. The highest BCUT2D eigenvalue weighted by Crippen LogP contribution is 1.88. The van der Waals surface area contributed by atoms with Gasteiger partial charge in [-0.1, -0.05) is 0 Å². The van der Waals surface area contributed by atoms with Crippen LogP contribution in [0.4, 0.5) is 0 Å². The van der Waals surface area contributed by atoms with E-state index in [0.29, 0.717) is 0 Å². The summed E-state index contributed by atoms with van der Waals surface area (Å²) in [7, 11) is 1.37. The molecular formula is C7H15N3O3. The van der Waals surface area contributed by atoms with E-state index < -0.39 is 24.0 Å². The summed E-state index contributed by atoms with van der Waals surface area (Å²) in [5, 5.41) is 2.36. The average Bonchev–Trinajstić information content (AvgIpc) is 2.06. The van der Waals surface area contributed by atoms with Gasteiger partial charge in [0.1, 0.15) is 12.1 Å². The second kappa shape index (κ2) is 5.50. The zero-order valence-corrected chi connectivity index (χ0v) is 7.74. The first-order valence-electron chi connectivity index (χ1n) is 3.85. The molecule has 0 aliphatic carbocycles. The van der Waals surface area contributed by atoms with Crippen molar-refractivity contribution in [3.8, 4) is 0 Å². The summed E-state index contributed by atoms with van der Waals surface area (Å²) < 4.78 is 4.75. The minimum Gasteiger partial charge on any atom is -0.370 e. The van der Waals surface area contributed by atoms with Crippen LogP contribution in [0.3, 0.4) is 0 Å². The maximum atomic E-state index is 11.2. The minimum absolute atomic E-state index is 0.0633. The summed E-state index contributed by atoms with van der Waals surface area (Å²) in [4.78, 5) is 21.8. The number of amides is 2. The van der Waals surface area contributed by atoms with Gasteiger partial charge in [0.25, 0.3) is 5.91 Å². The largest absolute Gasteiger partial charge is 0.370 e. The number of carbonyl (C=O) groups is 2. The summed E-state index contributed by atoms with van der Waals surface area (Å²) in [6, 6.07) is -0.711. The van der Waals surface area contributed by atoms with Crippen molar-refractivity contribution in [3.63, 3.8) is 0 Å². The Morgan fingerprint density at radius 1 is 1.54 bits per heavy atom. The molecule has 0 aromatic rings. The van der Waals surface area contributed by atoms with Gasteiger partial charge in [0.05, 0.1) is 0 Å². The van der Waals surface area contributed by atoms with Crippen LogP contribution in [0, 0.1) is 0 Å². The van der Waals surface area contributed by atoms with Crippen molar-refractivity contribution in [3.05, 3.63) is 0 Å². The van der Waals surface area contributed by atoms with Gasteiger partial charge in [-0.05, 0) is 6.92 Å². The molecule has 5 N–H and O–H groups in total. The maximum absolute atomic E-state index is 11.2. The van der Waals surface area contributed by atoms with Gasteiger partial charge >= 0.3 is 0 Å². The molecular weight excluding hydrogens is 174 g/mol. The topological polar surface area (TPSA) is 107 Å². The number of nitrogens with one attached hydrogen (secondary N) is 1. The van der Waals surface area contributed by atoms with E-state index in [0.717, 1.165) is 0 Å². The molecule has 0 heterocycles. The van der Waals surface area contributed by atoms with Crippen molar-refractivity contribution in [2.75, 3.05) is 13.7 Å². The van der Waals surface area contributed by atoms with Crippen molar-refractivity contribution in [1.29, 1.82) is 0 Å². The van der Waals surface area contributed by atoms with Gasteiger partial charge in [-0.25, -0.2) is 0 Å². The molecule has 0 aromatic carbocycles. The molecule has 0 fully saturated rings. The SMILES string of the molecule is COC(CN)C(=O)NC(C)C(N)=O. The number of hydrogen-bond donors (Lipinski definition) is 3. The first-order valence-corrected chi connectivity index (χ1v) is 3.85. The first kappa shape index (κ1) is 11.9. The second-order valence-electron chi connectivity index (χ2n) is 2.59. The van der Waals surface area contributed by atoms with Crippen LogP contribution < -0.4 is 16.8 Å². The summed E-state index contributed by atoms with van der Waals surface area (Å²) in [5.41, 5.74) is 10.2. The van der Waals surface area contributed by atoms with Gasteiger partial charge in [-0.3, -0.25) is 9.59 Å². The molecule has 2 amide bonds. The van der Waals surface area contributed by atoms with Gasteiger partial charge < -0.3 is 21.5 Å². The highest BCUT2D eigenvalue weighted by atomic mass is 16.5. The lowest BCUT2D eigenvalue weighted by Crippen LogP contribution is -2.48. The third-order valence-corrected chi connectivity index (χ3v) is 1.58. The molecule has 0 saturated heterocycles. The van der Waals surface area contributed by atoms with Crippen LogP contribution in [-0.4, -0.2) is 37.6 Å². The highest BCUT2D eigenvalue weighted by molar-refractivity contribution is 5.88. The Balaban J connectivity index is 4.05. The van der Waals surface area contributed by atoms with Crippen molar-refractivity contribution in [1.82, 2.24) is 5.32 Å². The third kappa shape index (κ3) is 3.86. The molecule has 2 unspecified atom stereocenters. The lowest BCUT2D eigenvalue weighted by Gasteiger charge is -2.15. The molecule has 0 bridgehead atoms. The fraction of sp³-hybridized carbons (Fsp3) is 0.714. The quantitative estimate of drug-likeness (QED) is 0.462. The van der Waals surface area contributed by atoms with E-state index >= 15 is 0 Å². The van der Waals surface area contributed by atoms with E-state index in [2.05, 4.69) is 5.32 Å². The number of nitrogens with two attached hydrogens (primary N) is 2. The summed E-state index contributed by atoms with van der Waals surface area (Å²) >= 11 is 0. The van der Waals surface area contributed by atoms with Crippen molar-refractivity contribution < 1.29 is 14.3 Å². The zero-order chi connectivity index (χ0) is 10.4. The van der Waals surface area contributed by atoms with Gasteiger partial charge in [0.2, 0.25) is 5.91 Å². The van der Waals surface area contributed by atoms with Crippen LogP contribution in [0.5, 0.6) is 0 Å². The normalized spacial score (nSPS) is 14.7. The van der Waals surface area contributed by atoms with E-state index in [1.165, 1.54) is 14.0 Å². The van der Waals surface area contributed by atoms with Crippen LogP contribution in [-0.2, 0) is 14.3 Å². The van der Waals surface area contributed by atoms with Gasteiger partial charge in [0, 0.05) is 13.7 Å². The van der Waals surface area contributed by atoms with Crippen LogP contribution in [0.25, 0.3) is 0 Å². The van der Waals surface area contributed by atoms with Crippen molar-refractivity contribution >= 4 is 11.8 Å². The average molecular weight is 189 g/mol. The molecule has 2 atom stereocenters. The lowest BCUT2D eigenvalue weighted by atomic mass is 10.2. The Kier molecular flexibility index (Phi) is 5.01. The Hall–Kier alpha value is -1.14. The molecule has 0 rings (SSSR count). The Labute approximate surface area is 76.6 Å². The number of ether oxygens (including phenoxy) is 1. The molecule has 0 aromatic heterocycles. The number of carbonyl (C=O) groups excluding carboxylic acids is 2. The molecule has 6 nitrogen and oxygen atoms in total. The lowest BCUT2D eigenvalue weighted by molar-refractivity contribution is -0.133. The van der Waals surface area contributed by atoms with Crippen molar-refractivity contribution in [2.24, 2.45) is 11.5 Å². The maximum Gasteiger partial charge on any atom is 0.251 e. The second-order valence-corrected chi connectivity index (χ2v) is 2.59. The Morgan fingerprint density at radius 3 is 2.38 bits per heavy atom.